The highest BCUT2D eigenvalue weighted by molar-refractivity contribution is 6.01. The third-order valence-electron chi connectivity index (χ3n) is 15.5. The molecule has 1 spiro atoms. The van der Waals surface area contributed by atoms with Gasteiger partial charge in [0.15, 0.2) is 0 Å². The Labute approximate surface area is 439 Å². The number of anilines is 6. The van der Waals surface area contributed by atoms with Crippen molar-refractivity contribution in [2.75, 3.05) is 9.80 Å². The molecule has 0 amide bonds. The molecule has 2 aliphatic rings. The average molecular weight is 955 g/mol. The van der Waals surface area contributed by atoms with Crippen LogP contribution in [0, 0.1) is 0 Å². The molecule has 0 saturated carbocycles. The van der Waals surface area contributed by atoms with Crippen molar-refractivity contribution >= 4 is 34.1 Å². The minimum atomic E-state index is -0.557. The Morgan fingerprint density at radius 2 is 0.427 bits per heavy atom. The molecule has 12 aromatic carbocycles. The fourth-order valence-corrected chi connectivity index (χ4v) is 12.3. The molecule has 0 aromatic heterocycles. The van der Waals surface area contributed by atoms with Crippen LogP contribution in [-0.2, 0) is 5.41 Å². The van der Waals surface area contributed by atoms with Crippen LogP contribution in [0.1, 0.15) is 22.3 Å². The van der Waals surface area contributed by atoms with E-state index in [1.165, 1.54) is 44.5 Å². The summed E-state index contributed by atoms with van der Waals surface area (Å²) in [5, 5.41) is 0. The molecule has 2 nitrogen and oxygen atoms in total. The molecule has 12 aromatic rings. The van der Waals surface area contributed by atoms with Gasteiger partial charge in [0.05, 0.1) is 28.2 Å². The Kier molecular flexibility index (Phi) is 10.8. The summed E-state index contributed by atoms with van der Waals surface area (Å²) >= 11 is 0. The van der Waals surface area contributed by atoms with Crippen LogP contribution in [-0.4, -0.2) is 0 Å². The molecular weight excluding hydrogens is 905 g/mol. The molecule has 75 heavy (non-hydrogen) atoms. The van der Waals surface area contributed by atoms with E-state index in [-0.39, 0.29) is 0 Å². The van der Waals surface area contributed by atoms with Crippen molar-refractivity contribution in [3.8, 4) is 66.8 Å². The maximum absolute atomic E-state index is 2.49. The largest absolute Gasteiger partial charge is 0.309 e. The molecule has 0 unspecified atom stereocenters. The van der Waals surface area contributed by atoms with E-state index in [0.717, 1.165) is 78.6 Å². The van der Waals surface area contributed by atoms with Crippen LogP contribution in [0.15, 0.2) is 303 Å². The van der Waals surface area contributed by atoms with Gasteiger partial charge in [0.25, 0.3) is 0 Å². The second-order valence-electron chi connectivity index (χ2n) is 19.5. The molecule has 0 atom stereocenters. The van der Waals surface area contributed by atoms with E-state index in [9.17, 15) is 0 Å². The topological polar surface area (TPSA) is 6.48 Å². The summed E-state index contributed by atoms with van der Waals surface area (Å²) in [6, 6.07) is 111. The highest BCUT2D eigenvalue weighted by Crippen LogP contribution is 2.64. The molecule has 0 heterocycles. The van der Waals surface area contributed by atoms with E-state index < -0.39 is 5.41 Å². The fraction of sp³-hybridized carbons (Fsp3) is 0.0137. The van der Waals surface area contributed by atoms with E-state index in [1.807, 2.05) is 0 Å². The van der Waals surface area contributed by atoms with Gasteiger partial charge in [-0.05, 0) is 115 Å². The zero-order valence-electron chi connectivity index (χ0n) is 41.3. The van der Waals surface area contributed by atoms with Crippen LogP contribution in [0.3, 0.4) is 0 Å². The van der Waals surface area contributed by atoms with Gasteiger partial charge in [0, 0.05) is 33.6 Å². The second-order valence-corrected chi connectivity index (χ2v) is 19.5. The van der Waals surface area contributed by atoms with E-state index in [1.54, 1.807) is 0 Å². The summed E-state index contributed by atoms with van der Waals surface area (Å²) in [4.78, 5) is 4.99. The van der Waals surface area contributed by atoms with Crippen LogP contribution in [0.2, 0.25) is 0 Å². The highest BCUT2D eigenvalue weighted by Gasteiger charge is 2.52. The van der Waals surface area contributed by atoms with E-state index in [2.05, 4.69) is 313 Å². The van der Waals surface area contributed by atoms with Crippen molar-refractivity contribution in [3.63, 3.8) is 0 Å². The highest BCUT2D eigenvalue weighted by atomic mass is 15.2. The third-order valence-corrected chi connectivity index (χ3v) is 15.5. The molecule has 14 rings (SSSR count). The monoisotopic (exact) mass is 954 g/mol. The lowest BCUT2D eigenvalue weighted by atomic mass is 9.70. The number of nitrogens with zero attached hydrogens (tertiary/aromatic N) is 2. The molecule has 0 fully saturated rings. The first-order chi connectivity index (χ1) is 37.3. The Hall–Kier alpha value is -9.76. The number of benzene rings is 12. The average Bonchev–Trinajstić information content (AvgIpc) is 4.13. The van der Waals surface area contributed by atoms with E-state index in [4.69, 9.17) is 0 Å². The number of hydrogen-bond acceptors (Lipinski definition) is 2. The summed E-state index contributed by atoms with van der Waals surface area (Å²) < 4.78 is 0. The Morgan fingerprint density at radius 1 is 0.187 bits per heavy atom. The van der Waals surface area contributed by atoms with Gasteiger partial charge >= 0.3 is 0 Å². The van der Waals surface area contributed by atoms with Crippen molar-refractivity contribution in [2.45, 2.75) is 5.41 Å². The van der Waals surface area contributed by atoms with Gasteiger partial charge < -0.3 is 9.80 Å². The Morgan fingerprint density at radius 3 is 0.733 bits per heavy atom. The minimum Gasteiger partial charge on any atom is -0.309 e. The van der Waals surface area contributed by atoms with Crippen LogP contribution < -0.4 is 9.80 Å². The van der Waals surface area contributed by atoms with E-state index in [0.29, 0.717) is 0 Å². The molecule has 0 saturated heterocycles. The van der Waals surface area contributed by atoms with Gasteiger partial charge in [-0.1, -0.05) is 255 Å². The Bertz CT molecular complexity index is 3640. The van der Waals surface area contributed by atoms with Crippen LogP contribution >= 0.6 is 0 Å². The molecule has 0 radical (unpaired) electrons. The standard InChI is InChI=1S/C73H50N2/c1-5-25-51(26-6-1)57-33-15-21-41-69(57)74(70-42-22-16-34-58(70)52-27-7-2-8-28-52)55-45-47-67-63(49-55)64-50-56(46-48-68(64)73(67)65-39-19-13-37-61(65)62-38-14-20-40-66(62)73)75(71-43-23-17-35-59(71)53-29-9-3-10-30-53)72-44-24-18-36-60(72)54-31-11-4-12-32-54/h1-50H. The van der Waals surface area contributed by atoms with Crippen molar-refractivity contribution in [2.24, 2.45) is 0 Å². The maximum Gasteiger partial charge on any atom is 0.0725 e. The van der Waals surface area contributed by atoms with Gasteiger partial charge in [0.2, 0.25) is 0 Å². The summed E-state index contributed by atoms with van der Waals surface area (Å²) in [7, 11) is 0. The van der Waals surface area contributed by atoms with Crippen LogP contribution in [0.4, 0.5) is 34.1 Å². The molecule has 0 N–H and O–H groups in total. The summed E-state index contributed by atoms with van der Waals surface area (Å²) in [5.41, 5.74) is 25.5. The quantitative estimate of drug-likeness (QED) is 0.135. The SMILES string of the molecule is c1ccc(-c2ccccc2N(c2ccc3c(c2)-c2cc(N(c4ccccc4-c4ccccc4)c4ccccc4-c4ccccc4)ccc2C32c3ccccc3-c3ccccc32)c2ccccc2-c2ccccc2)cc1. The molecule has 352 valence electrons. The number of fused-ring (bicyclic) bond motifs is 10. The van der Waals surface area contributed by atoms with Crippen molar-refractivity contribution in [1.82, 2.24) is 0 Å². The molecule has 0 aliphatic heterocycles. The summed E-state index contributed by atoms with van der Waals surface area (Å²) in [6.45, 7) is 0. The van der Waals surface area contributed by atoms with Crippen molar-refractivity contribution < 1.29 is 0 Å². The first-order valence-corrected chi connectivity index (χ1v) is 25.9. The van der Waals surface area contributed by atoms with Gasteiger partial charge in [-0.25, -0.2) is 0 Å². The summed E-state index contributed by atoms with van der Waals surface area (Å²) in [6.07, 6.45) is 0. The number of rotatable bonds is 10. The smallest absolute Gasteiger partial charge is 0.0725 e. The lowest BCUT2D eigenvalue weighted by molar-refractivity contribution is 0.794. The van der Waals surface area contributed by atoms with Gasteiger partial charge in [-0.3, -0.25) is 0 Å². The first-order valence-electron chi connectivity index (χ1n) is 25.9. The van der Waals surface area contributed by atoms with Crippen molar-refractivity contribution in [1.29, 1.82) is 0 Å². The molecular formula is C73H50N2. The van der Waals surface area contributed by atoms with E-state index >= 15 is 0 Å². The molecule has 0 bridgehead atoms. The number of para-hydroxylation sites is 4. The first kappa shape index (κ1) is 44.0. The molecule has 2 heteroatoms. The summed E-state index contributed by atoms with van der Waals surface area (Å²) in [5.74, 6) is 0. The number of hydrogen-bond donors (Lipinski definition) is 0. The third kappa shape index (κ3) is 7.17. The molecule has 2 aliphatic carbocycles. The normalized spacial score (nSPS) is 12.4. The lowest BCUT2D eigenvalue weighted by Gasteiger charge is -2.32. The van der Waals surface area contributed by atoms with Crippen LogP contribution in [0.25, 0.3) is 66.8 Å². The second kappa shape index (κ2) is 18.4. The predicted molar refractivity (Wildman–Crippen MR) is 314 cm³/mol. The van der Waals surface area contributed by atoms with Gasteiger partial charge in [0.1, 0.15) is 0 Å². The van der Waals surface area contributed by atoms with Gasteiger partial charge in [-0.2, -0.15) is 0 Å². The van der Waals surface area contributed by atoms with Crippen molar-refractivity contribution in [3.05, 3.63) is 326 Å². The van der Waals surface area contributed by atoms with Gasteiger partial charge in [-0.15, -0.1) is 0 Å². The lowest BCUT2D eigenvalue weighted by Crippen LogP contribution is -2.26. The zero-order valence-corrected chi connectivity index (χ0v) is 41.3. The predicted octanol–water partition coefficient (Wildman–Crippen LogP) is 19.6. The minimum absolute atomic E-state index is 0.557. The van der Waals surface area contributed by atoms with Crippen LogP contribution in [0.5, 0.6) is 0 Å². The maximum atomic E-state index is 2.49. The Balaban J connectivity index is 1.06. The zero-order chi connectivity index (χ0) is 49.7. The fourth-order valence-electron chi connectivity index (χ4n) is 12.3.